The molecule has 0 fully saturated rings. The fourth-order valence-electron chi connectivity index (χ4n) is 5.99. The molecule has 0 saturated heterocycles. The predicted molar refractivity (Wildman–Crippen MR) is 183 cm³/mol. The van der Waals surface area contributed by atoms with Crippen molar-refractivity contribution in [2.24, 2.45) is 0 Å². The second kappa shape index (κ2) is 14.5. The number of fused-ring (bicyclic) bond motifs is 2. The van der Waals surface area contributed by atoms with Gasteiger partial charge in [-0.15, -0.1) is 25.2 Å². The largest absolute Gasteiger partial charge is 0.424 e. The predicted octanol–water partition coefficient (Wildman–Crippen LogP) is 8.99. The topological polar surface area (TPSA) is 87.7 Å². The van der Waals surface area contributed by atoms with Gasteiger partial charge in [0.05, 0.1) is 11.6 Å². The molecule has 0 bridgehead atoms. The normalized spacial score (nSPS) is 12.2. The van der Waals surface area contributed by atoms with E-state index in [1.54, 1.807) is 9.59 Å². The molecule has 8 heteroatoms. The SMILES string of the molecule is CCCCCCCCCCC(C(=O)Oc1ccc(C)cc1-n1nc2ccccc2n1)c1ccc(C)cc1-n1nc2ccccc2n1. The molecule has 0 radical (unpaired) electrons. The van der Waals surface area contributed by atoms with Gasteiger partial charge in [0.15, 0.2) is 5.75 Å². The van der Waals surface area contributed by atoms with Crippen LogP contribution in [-0.4, -0.2) is 36.0 Å². The number of ether oxygens (including phenoxy) is 1. The van der Waals surface area contributed by atoms with Crippen molar-refractivity contribution in [3.63, 3.8) is 0 Å². The molecule has 0 amide bonds. The van der Waals surface area contributed by atoms with Gasteiger partial charge < -0.3 is 4.74 Å². The summed E-state index contributed by atoms with van der Waals surface area (Å²) >= 11 is 0. The molecule has 0 aliphatic carbocycles. The minimum absolute atomic E-state index is 0.313. The number of hydrogen-bond donors (Lipinski definition) is 0. The highest BCUT2D eigenvalue weighted by Gasteiger charge is 2.28. The molecule has 6 rings (SSSR count). The summed E-state index contributed by atoms with van der Waals surface area (Å²) in [5.74, 6) is -0.399. The molecule has 0 aliphatic heterocycles. The second-order valence-electron chi connectivity index (χ2n) is 12.2. The van der Waals surface area contributed by atoms with Crippen LogP contribution >= 0.6 is 0 Å². The van der Waals surface area contributed by atoms with Crippen LogP contribution in [0.3, 0.4) is 0 Å². The van der Waals surface area contributed by atoms with Gasteiger partial charge in [-0.1, -0.05) is 101 Å². The van der Waals surface area contributed by atoms with Gasteiger partial charge in [0, 0.05) is 0 Å². The molecule has 46 heavy (non-hydrogen) atoms. The summed E-state index contributed by atoms with van der Waals surface area (Å²) < 4.78 is 6.28. The molecule has 8 nitrogen and oxygen atoms in total. The average Bonchev–Trinajstić information content (AvgIpc) is 3.70. The maximum absolute atomic E-state index is 14.3. The fourth-order valence-corrected chi connectivity index (χ4v) is 5.99. The zero-order valence-electron chi connectivity index (χ0n) is 27.0. The smallest absolute Gasteiger partial charge is 0.318 e. The third kappa shape index (κ3) is 7.17. The lowest BCUT2D eigenvalue weighted by molar-refractivity contribution is -0.136. The maximum atomic E-state index is 14.3. The highest BCUT2D eigenvalue weighted by Crippen LogP contribution is 2.33. The van der Waals surface area contributed by atoms with Gasteiger partial charge in [-0.25, -0.2) is 0 Å². The molecule has 2 aromatic heterocycles. The quantitative estimate of drug-likeness (QED) is 0.0691. The minimum atomic E-state index is -0.511. The number of nitrogens with zero attached hydrogens (tertiary/aromatic N) is 6. The molecule has 0 N–H and O–H groups in total. The molecule has 0 aliphatic rings. The Morgan fingerprint density at radius 2 is 1.11 bits per heavy atom. The Morgan fingerprint density at radius 1 is 0.630 bits per heavy atom. The zero-order valence-corrected chi connectivity index (χ0v) is 27.0. The van der Waals surface area contributed by atoms with Crippen molar-refractivity contribution in [1.82, 2.24) is 30.0 Å². The number of unbranched alkanes of at least 4 members (excludes halogenated alkanes) is 7. The number of rotatable bonds is 14. The Bertz CT molecular complexity index is 1870. The van der Waals surface area contributed by atoms with E-state index in [0.29, 0.717) is 17.9 Å². The summed E-state index contributed by atoms with van der Waals surface area (Å²) in [7, 11) is 0. The van der Waals surface area contributed by atoms with Gasteiger partial charge in [0.1, 0.15) is 27.8 Å². The first-order valence-corrected chi connectivity index (χ1v) is 16.6. The van der Waals surface area contributed by atoms with Crippen LogP contribution in [0, 0.1) is 13.8 Å². The summed E-state index contributed by atoms with van der Waals surface area (Å²) in [5, 5.41) is 18.9. The van der Waals surface area contributed by atoms with E-state index in [-0.39, 0.29) is 5.97 Å². The van der Waals surface area contributed by atoms with E-state index in [4.69, 9.17) is 14.9 Å². The van der Waals surface area contributed by atoms with Crippen LogP contribution in [0.2, 0.25) is 0 Å². The third-order valence-corrected chi connectivity index (χ3v) is 8.52. The Kier molecular flexibility index (Phi) is 9.82. The number of hydrogen-bond acceptors (Lipinski definition) is 6. The molecule has 236 valence electrons. The Hall–Kier alpha value is -4.85. The summed E-state index contributed by atoms with van der Waals surface area (Å²) in [5.41, 5.74) is 7.52. The van der Waals surface area contributed by atoms with E-state index in [2.05, 4.69) is 23.2 Å². The van der Waals surface area contributed by atoms with Crippen molar-refractivity contribution < 1.29 is 9.53 Å². The highest BCUT2D eigenvalue weighted by atomic mass is 16.5. The van der Waals surface area contributed by atoms with Crippen LogP contribution in [0.5, 0.6) is 5.75 Å². The van der Waals surface area contributed by atoms with Crippen LogP contribution in [0.1, 0.15) is 87.3 Å². The average molecular weight is 615 g/mol. The lowest BCUT2D eigenvalue weighted by Crippen LogP contribution is -2.22. The number of benzene rings is 4. The van der Waals surface area contributed by atoms with Gasteiger partial charge in [-0.2, -0.15) is 4.80 Å². The first-order chi connectivity index (χ1) is 22.5. The van der Waals surface area contributed by atoms with Crippen molar-refractivity contribution >= 4 is 28.0 Å². The summed E-state index contributed by atoms with van der Waals surface area (Å²) in [6.45, 7) is 6.29. The number of carbonyl (C=O) groups excluding carboxylic acids is 1. The standard InChI is InChI=1S/C38H42N6O2/c1-4-5-6-7-8-9-10-11-16-30(29-23-21-27(2)25-35(29)43-39-31-17-12-13-18-32(31)40-43)38(45)46-37-24-22-28(3)26-36(37)44-41-33-19-14-15-20-34(33)42-44/h12-15,17-26,30H,4-11,16H2,1-3H3. The fraction of sp³-hybridized carbons (Fsp3) is 0.342. The lowest BCUT2D eigenvalue weighted by Gasteiger charge is -2.20. The van der Waals surface area contributed by atoms with Crippen LogP contribution in [-0.2, 0) is 4.79 Å². The monoisotopic (exact) mass is 614 g/mol. The lowest BCUT2D eigenvalue weighted by atomic mass is 9.90. The van der Waals surface area contributed by atoms with E-state index in [0.717, 1.165) is 57.3 Å². The molecule has 0 saturated carbocycles. The third-order valence-electron chi connectivity index (χ3n) is 8.52. The first-order valence-electron chi connectivity index (χ1n) is 16.6. The molecular formula is C38H42N6O2. The van der Waals surface area contributed by atoms with Crippen molar-refractivity contribution in [1.29, 1.82) is 0 Å². The number of esters is 1. The van der Waals surface area contributed by atoms with E-state index in [1.165, 1.54) is 38.5 Å². The van der Waals surface area contributed by atoms with Gasteiger partial charge in [0.25, 0.3) is 0 Å². The molecule has 1 unspecified atom stereocenters. The summed E-state index contributed by atoms with van der Waals surface area (Å²) in [6, 6.07) is 27.4. The summed E-state index contributed by atoms with van der Waals surface area (Å²) in [4.78, 5) is 17.5. The zero-order chi connectivity index (χ0) is 31.9. The number of carbonyl (C=O) groups is 1. The van der Waals surface area contributed by atoms with E-state index >= 15 is 0 Å². The van der Waals surface area contributed by atoms with Crippen molar-refractivity contribution in [3.8, 4) is 17.1 Å². The number of aryl methyl sites for hydroxylation is 2. The van der Waals surface area contributed by atoms with Crippen LogP contribution in [0.4, 0.5) is 0 Å². The van der Waals surface area contributed by atoms with E-state index < -0.39 is 5.92 Å². The van der Waals surface area contributed by atoms with Crippen LogP contribution in [0.25, 0.3) is 33.4 Å². The molecule has 0 spiro atoms. The minimum Gasteiger partial charge on any atom is -0.424 e. The van der Waals surface area contributed by atoms with Gasteiger partial charge in [0.2, 0.25) is 0 Å². The first kappa shape index (κ1) is 31.1. The molecule has 2 heterocycles. The van der Waals surface area contributed by atoms with E-state index in [9.17, 15) is 4.79 Å². The van der Waals surface area contributed by atoms with Crippen LogP contribution < -0.4 is 4.74 Å². The van der Waals surface area contributed by atoms with Crippen molar-refractivity contribution in [2.45, 2.75) is 84.5 Å². The molecule has 1 atom stereocenters. The maximum Gasteiger partial charge on any atom is 0.318 e. The Labute approximate surface area is 270 Å². The van der Waals surface area contributed by atoms with Crippen LogP contribution in [0.15, 0.2) is 84.9 Å². The van der Waals surface area contributed by atoms with Gasteiger partial charge in [-0.05, 0) is 79.4 Å². The van der Waals surface area contributed by atoms with Crippen molar-refractivity contribution in [3.05, 3.63) is 102 Å². The van der Waals surface area contributed by atoms with E-state index in [1.807, 2.05) is 92.7 Å². The summed E-state index contributed by atoms with van der Waals surface area (Å²) in [6.07, 6.45) is 10.2. The van der Waals surface area contributed by atoms with Gasteiger partial charge in [-0.3, -0.25) is 4.79 Å². The van der Waals surface area contributed by atoms with Gasteiger partial charge >= 0.3 is 5.97 Å². The second-order valence-corrected chi connectivity index (χ2v) is 12.2. The number of aromatic nitrogens is 6. The molecule has 6 aromatic rings. The Balaban J connectivity index is 1.31. The molecule has 4 aromatic carbocycles. The van der Waals surface area contributed by atoms with Crippen molar-refractivity contribution in [2.75, 3.05) is 0 Å². The molecular weight excluding hydrogens is 572 g/mol. The Morgan fingerprint density at radius 3 is 1.67 bits per heavy atom. The highest BCUT2D eigenvalue weighted by molar-refractivity contribution is 5.83.